The van der Waals surface area contributed by atoms with Gasteiger partial charge in [0.1, 0.15) is 0 Å². The highest BCUT2D eigenvalue weighted by atomic mass is 29.3. The molecule has 0 amide bonds. The third-order valence-corrected chi connectivity index (χ3v) is 24.6. The van der Waals surface area contributed by atoms with Crippen molar-refractivity contribution in [2.45, 2.75) is 37.3 Å². The van der Waals surface area contributed by atoms with E-state index in [9.17, 15) is 0 Å². The first-order valence-corrected chi connectivity index (χ1v) is 13.4. The van der Waals surface area contributed by atoms with E-state index in [0.29, 0.717) is 0 Å². The van der Waals surface area contributed by atoms with Crippen molar-refractivity contribution in [2.75, 3.05) is 0 Å². The van der Waals surface area contributed by atoms with E-state index in [-0.39, 0.29) is 0 Å². The summed E-state index contributed by atoms with van der Waals surface area (Å²) in [5.74, 6) is 0. The Hall–Kier alpha value is -0.606. The number of fused-ring (bicyclic) bond motifs is 1. The quantitative estimate of drug-likeness (QED) is 0.478. The first kappa shape index (κ1) is 10.5. The molecule has 0 saturated heterocycles. The molecule has 3 aliphatic rings. The monoisotopic (exact) mass is 244 g/mol. The van der Waals surface area contributed by atoms with Gasteiger partial charge in [-0.25, -0.2) is 0 Å². The molecule has 0 saturated carbocycles. The average Bonchev–Trinajstić information content (AvgIpc) is 2.25. The van der Waals surface area contributed by atoms with E-state index in [4.69, 9.17) is 0 Å². The lowest BCUT2D eigenvalue weighted by Gasteiger charge is -2.55. The van der Waals surface area contributed by atoms with Crippen molar-refractivity contribution in [3.05, 3.63) is 47.5 Å². The molecule has 2 heterocycles. The Morgan fingerprint density at radius 2 is 1.12 bits per heavy atom. The smallest absolute Gasteiger partial charge is 0.0548 e. The third kappa shape index (κ3) is 1.04. The fourth-order valence-corrected chi connectivity index (χ4v) is 14.8. The lowest BCUT2D eigenvalue weighted by atomic mass is 9.96. The normalized spacial score (nSPS) is 32.5. The molecule has 16 heavy (non-hydrogen) atoms. The third-order valence-electron chi connectivity index (χ3n) is 5.38. The predicted octanol–water partition coefficient (Wildman–Crippen LogP) is 4.01. The van der Waals surface area contributed by atoms with Crippen molar-refractivity contribution in [1.82, 2.24) is 0 Å². The lowest BCUT2D eigenvalue weighted by molar-refractivity contribution is 0.954. The molecule has 0 radical (unpaired) electrons. The molecule has 4 rings (SSSR count). The van der Waals surface area contributed by atoms with E-state index in [0.717, 1.165) is 11.1 Å². The maximum absolute atomic E-state index is 2.62. The fraction of sp³-hybridized carbons (Fsp3) is 0.429. The van der Waals surface area contributed by atoms with Crippen LogP contribution in [0.15, 0.2) is 36.4 Å². The second-order valence-electron chi connectivity index (χ2n) is 6.41. The van der Waals surface area contributed by atoms with Crippen LogP contribution in [0.3, 0.4) is 0 Å². The van der Waals surface area contributed by atoms with Gasteiger partial charge in [-0.2, -0.15) is 0 Å². The van der Waals surface area contributed by atoms with Crippen molar-refractivity contribution < 1.29 is 0 Å². The second kappa shape index (κ2) is 2.99. The maximum Gasteiger partial charge on any atom is 0.0548 e. The highest BCUT2D eigenvalue weighted by Crippen LogP contribution is 2.53. The Morgan fingerprint density at radius 3 is 1.50 bits per heavy atom. The summed E-state index contributed by atoms with van der Waals surface area (Å²) >= 11 is 0. The largest absolute Gasteiger partial charge is 0.0837 e. The zero-order valence-electron chi connectivity index (χ0n) is 10.6. The summed E-state index contributed by atoms with van der Waals surface area (Å²) in [6.07, 6.45) is 5.05. The summed E-state index contributed by atoms with van der Waals surface area (Å²) in [7, 11) is -2.19. The van der Waals surface area contributed by atoms with Crippen molar-refractivity contribution in [1.29, 1.82) is 0 Å². The van der Waals surface area contributed by atoms with Crippen molar-refractivity contribution >= 4 is 15.2 Å². The Balaban J connectivity index is 2.30. The van der Waals surface area contributed by atoms with Crippen LogP contribution in [0, 0.1) is 0 Å². The first-order valence-electron chi connectivity index (χ1n) is 6.23. The summed E-state index contributed by atoms with van der Waals surface area (Å²) in [4.78, 5) is 0. The minimum Gasteiger partial charge on any atom is -0.0837 e. The molecule has 0 nitrogen and oxygen atoms in total. The van der Waals surface area contributed by atoms with Gasteiger partial charge in [-0.05, 0) is 22.2 Å². The van der Waals surface area contributed by atoms with Gasteiger partial charge in [0.25, 0.3) is 0 Å². The second-order valence-corrected chi connectivity index (χ2v) is 22.3. The van der Waals surface area contributed by atoms with Gasteiger partial charge in [0, 0.05) is 0 Å². The number of benzene rings is 1. The number of hydrogen-bond acceptors (Lipinski definition) is 0. The van der Waals surface area contributed by atoms with Gasteiger partial charge in [-0.15, -0.1) is 0 Å². The highest BCUT2D eigenvalue weighted by Gasteiger charge is 2.56. The molecule has 2 bridgehead atoms. The van der Waals surface area contributed by atoms with Crippen LogP contribution in [0.2, 0.25) is 26.2 Å². The molecule has 2 aliphatic heterocycles. The first-order chi connectivity index (χ1) is 7.46. The number of rotatable bonds is 0. The molecule has 84 valence electrons. The average molecular weight is 244 g/mol. The number of allylic oxidation sites excluding steroid dienone is 2. The molecule has 0 spiro atoms. The molecule has 1 aromatic rings. The molecule has 0 fully saturated rings. The Morgan fingerprint density at radius 1 is 0.750 bits per heavy atom. The SMILES string of the molecule is C[Si]1(C)C2C=CC(c3ccccc32)[Si]1(C)C. The molecule has 2 heteroatoms. The van der Waals surface area contributed by atoms with Gasteiger partial charge < -0.3 is 0 Å². The van der Waals surface area contributed by atoms with Gasteiger partial charge in [0.15, 0.2) is 0 Å². The van der Waals surface area contributed by atoms with Gasteiger partial charge in [-0.3, -0.25) is 0 Å². The number of hydrogen-bond donors (Lipinski definition) is 0. The molecular weight excluding hydrogens is 224 g/mol. The van der Waals surface area contributed by atoms with Crippen LogP contribution in [0.25, 0.3) is 0 Å². The van der Waals surface area contributed by atoms with Gasteiger partial charge >= 0.3 is 0 Å². The summed E-state index contributed by atoms with van der Waals surface area (Å²) < 4.78 is 0. The van der Waals surface area contributed by atoms with Crippen LogP contribution in [0.5, 0.6) is 0 Å². The van der Waals surface area contributed by atoms with Crippen molar-refractivity contribution in [3.63, 3.8) is 0 Å². The Labute approximate surface area is 100 Å². The summed E-state index contributed by atoms with van der Waals surface area (Å²) in [6.45, 7) is 10.5. The molecule has 1 aromatic carbocycles. The summed E-state index contributed by atoms with van der Waals surface area (Å²) in [5, 5.41) is 0. The van der Waals surface area contributed by atoms with E-state index in [1.807, 2.05) is 0 Å². The molecule has 1 aliphatic carbocycles. The van der Waals surface area contributed by atoms with E-state index < -0.39 is 15.2 Å². The fourth-order valence-electron chi connectivity index (χ4n) is 3.57. The van der Waals surface area contributed by atoms with Crippen LogP contribution < -0.4 is 0 Å². The van der Waals surface area contributed by atoms with Crippen LogP contribution in [0.4, 0.5) is 0 Å². The minimum atomic E-state index is -1.10. The van der Waals surface area contributed by atoms with E-state index in [1.54, 1.807) is 11.1 Å². The lowest BCUT2D eigenvalue weighted by Crippen LogP contribution is -2.66. The maximum atomic E-state index is 2.62. The molecule has 0 N–H and O–H groups in total. The van der Waals surface area contributed by atoms with E-state index in [2.05, 4.69) is 62.6 Å². The standard InChI is InChI=1S/C14H20Si2/c1-15(2)13-9-10-14(16(15,3)4)12-8-6-5-7-11(12)13/h5-10,13-14H,1-4H3. The minimum absolute atomic E-state index is 0.787. The van der Waals surface area contributed by atoms with Crippen LogP contribution in [0.1, 0.15) is 22.2 Å². The molecule has 2 atom stereocenters. The van der Waals surface area contributed by atoms with Crippen molar-refractivity contribution in [3.8, 4) is 0 Å². The van der Waals surface area contributed by atoms with Gasteiger partial charge in [0.05, 0.1) is 15.2 Å². The topological polar surface area (TPSA) is 0 Å². The molecule has 2 unspecified atom stereocenters. The highest BCUT2D eigenvalue weighted by molar-refractivity contribution is 7.42. The predicted molar refractivity (Wildman–Crippen MR) is 76.0 cm³/mol. The zero-order valence-corrected chi connectivity index (χ0v) is 12.6. The van der Waals surface area contributed by atoms with Crippen molar-refractivity contribution in [2.24, 2.45) is 0 Å². The van der Waals surface area contributed by atoms with Gasteiger partial charge in [0.2, 0.25) is 0 Å². The Bertz CT molecular complexity index is 428. The van der Waals surface area contributed by atoms with Crippen LogP contribution in [-0.4, -0.2) is 15.2 Å². The van der Waals surface area contributed by atoms with Gasteiger partial charge in [-0.1, -0.05) is 62.6 Å². The Kier molecular flexibility index (Phi) is 1.97. The van der Waals surface area contributed by atoms with E-state index in [1.165, 1.54) is 0 Å². The van der Waals surface area contributed by atoms with Crippen LogP contribution >= 0.6 is 0 Å². The summed E-state index contributed by atoms with van der Waals surface area (Å²) in [6, 6.07) is 9.17. The summed E-state index contributed by atoms with van der Waals surface area (Å²) in [5.41, 5.74) is 4.88. The van der Waals surface area contributed by atoms with E-state index >= 15 is 0 Å². The van der Waals surface area contributed by atoms with Crippen LogP contribution in [-0.2, 0) is 0 Å². The zero-order chi connectivity index (χ0) is 11.6. The molecule has 0 aromatic heterocycles. The molecular formula is C14H20Si2.